The Morgan fingerprint density at radius 2 is 1.33 bits per heavy atom. The molecular formula is C32H47BrN2O4. The zero-order valence-corrected chi connectivity index (χ0v) is 25.7. The van der Waals surface area contributed by atoms with Crippen molar-refractivity contribution in [3.8, 4) is 11.5 Å². The predicted octanol–water partition coefficient (Wildman–Crippen LogP) is 10.4. The SMILES string of the molecule is CCCCCCCCCCCCCCOc1ccc([N+]([O-])=Nc2ccc(OC(=O)[C@@H](Br)[C@@H](C)CC)cc2)cc1. The van der Waals surface area contributed by atoms with Crippen LogP contribution in [-0.4, -0.2) is 22.3 Å². The van der Waals surface area contributed by atoms with Crippen LogP contribution < -0.4 is 9.47 Å². The number of unbranched alkanes of at least 4 members (excludes halogenated alkanes) is 11. The van der Waals surface area contributed by atoms with Gasteiger partial charge in [-0.25, -0.2) is 0 Å². The van der Waals surface area contributed by atoms with Crippen LogP contribution in [0.1, 0.15) is 104 Å². The lowest BCUT2D eigenvalue weighted by atomic mass is 10.1. The first-order chi connectivity index (χ1) is 18.9. The molecule has 2 aromatic carbocycles. The highest BCUT2D eigenvalue weighted by Crippen LogP contribution is 2.24. The fourth-order valence-corrected chi connectivity index (χ4v) is 4.63. The first-order valence-corrected chi connectivity index (χ1v) is 15.7. The summed E-state index contributed by atoms with van der Waals surface area (Å²) in [6, 6.07) is 13.6. The smallest absolute Gasteiger partial charge is 0.325 e. The second-order valence-corrected chi connectivity index (χ2v) is 11.3. The normalized spacial score (nSPS) is 13.2. The number of esters is 1. The van der Waals surface area contributed by atoms with Gasteiger partial charge in [-0.15, -0.1) is 0 Å². The molecule has 0 saturated carbocycles. The molecule has 0 bridgehead atoms. The average Bonchev–Trinajstić information content (AvgIpc) is 2.95. The van der Waals surface area contributed by atoms with Gasteiger partial charge in [0.15, 0.2) is 0 Å². The molecule has 0 heterocycles. The van der Waals surface area contributed by atoms with E-state index in [0.717, 1.165) is 18.6 Å². The second-order valence-electron chi connectivity index (χ2n) is 10.3. The predicted molar refractivity (Wildman–Crippen MR) is 163 cm³/mol. The van der Waals surface area contributed by atoms with E-state index in [1.807, 2.05) is 13.8 Å². The number of rotatable bonds is 20. The summed E-state index contributed by atoms with van der Waals surface area (Å²) in [5.41, 5.74) is 0.883. The monoisotopic (exact) mass is 602 g/mol. The number of nitrogens with zero attached hydrogens (tertiary/aromatic N) is 2. The van der Waals surface area contributed by atoms with E-state index in [1.54, 1.807) is 48.5 Å². The maximum Gasteiger partial charge on any atom is 0.325 e. The van der Waals surface area contributed by atoms with E-state index in [2.05, 4.69) is 28.0 Å². The van der Waals surface area contributed by atoms with Gasteiger partial charge < -0.3 is 14.7 Å². The summed E-state index contributed by atoms with van der Waals surface area (Å²) in [5.74, 6) is 1.01. The molecule has 7 heteroatoms. The van der Waals surface area contributed by atoms with Crippen LogP contribution >= 0.6 is 15.9 Å². The minimum atomic E-state index is -0.361. The summed E-state index contributed by atoms with van der Waals surface area (Å²) >= 11 is 3.39. The van der Waals surface area contributed by atoms with Crippen molar-refractivity contribution in [3.63, 3.8) is 0 Å². The van der Waals surface area contributed by atoms with Crippen molar-refractivity contribution >= 4 is 33.3 Å². The van der Waals surface area contributed by atoms with Gasteiger partial charge in [0.1, 0.15) is 22.0 Å². The van der Waals surface area contributed by atoms with E-state index in [0.29, 0.717) is 28.6 Å². The molecule has 2 rings (SSSR count). The van der Waals surface area contributed by atoms with Crippen LogP contribution in [0.15, 0.2) is 53.6 Å². The number of alkyl halides is 1. The van der Waals surface area contributed by atoms with E-state index in [4.69, 9.17) is 9.47 Å². The maximum atomic E-state index is 12.5. The Balaban J connectivity index is 1.65. The molecule has 2 aromatic rings. The van der Waals surface area contributed by atoms with Crippen molar-refractivity contribution in [1.82, 2.24) is 0 Å². The molecule has 0 fully saturated rings. The Labute approximate surface area is 243 Å². The summed E-state index contributed by atoms with van der Waals surface area (Å²) in [7, 11) is 0. The summed E-state index contributed by atoms with van der Waals surface area (Å²) in [6.07, 6.45) is 16.7. The van der Waals surface area contributed by atoms with Crippen molar-refractivity contribution in [3.05, 3.63) is 53.7 Å². The number of benzene rings is 2. The zero-order chi connectivity index (χ0) is 28.3. The number of carbonyl (C=O) groups excluding carboxylic acids is 1. The van der Waals surface area contributed by atoms with Crippen LogP contribution in [0.2, 0.25) is 0 Å². The molecule has 0 unspecified atom stereocenters. The molecule has 6 nitrogen and oxygen atoms in total. The molecular weight excluding hydrogens is 556 g/mol. The Morgan fingerprint density at radius 1 is 0.821 bits per heavy atom. The second kappa shape index (κ2) is 19.6. The van der Waals surface area contributed by atoms with Crippen molar-refractivity contribution in [2.75, 3.05) is 6.61 Å². The summed E-state index contributed by atoms with van der Waals surface area (Å²) < 4.78 is 11.2. The molecule has 0 aromatic heterocycles. The highest BCUT2D eigenvalue weighted by atomic mass is 79.9. The quantitative estimate of drug-likeness (QED) is 0.0287. The third kappa shape index (κ3) is 13.5. The van der Waals surface area contributed by atoms with Crippen molar-refractivity contribution < 1.29 is 19.1 Å². The molecule has 39 heavy (non-hydrogen) atoms. The number of hydrogen-bond acceptors (Lipinski definition) is 5. The molecule has 216 valence electrons. The lowest BCUT2D eigenvalue weighted by molar-refractivity contribution is -0.435. The van der Waals surface area contributed by atoms with Crippen molar-refractivity contribution in [2.45, 2.75) is 109 Å². The third-order valence-corrected chi connectivity index (χ3v) is 8.23. The van der Waals surface area contributed by atoms with E-state index in [1.165, 1.54) is 70.6 Å². The topological polar surface area (TPSA) is 74.0 Å². The number of halogens is 1. The summed E-state index contributed by atoms with van der Waals surface area (Å²) in [6.45, 7) is 6.97. The van der Waals surface area contributed by atoms with Crippen molar-refractivity contribution in [2.24, 2.45) is 11.0 Å². The first-order valence-electron chi connectivity index (χ1n) is 14.8. The first kappa shape index (κ1) is 32.8. The van der Waals surface area contributed by atoms with Crippen LogP contribution in [0.5, 0.6) is 11.5 Å². The number of hydrogen-bond donors (Lipinski definition) is 0. The Bertz CT molecular complexity index is 963. The van der Waals surface area contributed by atoms with Crippen LogP contribution in [0.25, 0.3) is 0 Å². The van der Waals surface area contributed by atoms with Gasteiger partial charge >= 0.3 is 5.97 Å². The maximum absolute atomic E-state index is 12.5. The van der Waals surface area contributed by atoms with Crippen LogP contribution in [0.3, 0.4) is 0 Å². The molecule has 0 aliphatic carbocycles. The molecule has 0 N–H and O–H groups in total. The third-order valence-electron chi connectivity index (χ3n) is 6.95. The van der Waals surface area contributed by atoms with Gasteiger partial charge in [0, 0.05) is 17.2 Å². The molecule has 0 spiro atoms. The molecule has 0 aliphatic rings. The summed E-state index contributed by atoms with van der Waals surface area (Å²) in [4.78, 5) is 12.4. The summed E-state index contributed by atoms with van der Waals surface area (Å²) in [5, 5.41) is 16.6. The number of carbonyl (C=O) groups is 1. The van der Waals surface area contributed by atoms with Gasteiger partial charge in [0.2, 0.25) is 5.69 Å². The van der Waals surface area contributed by atoms with E-state index in [9.17, 15) is 10.0 Å². The number of ether oxygens (including phenoxy) is 2. The van der Waals surface area contributed by atoms with Gasteiger partial charge in [0.25, 0.3) is 0 Å². The number of azo groups is 1. The van der Waals surface area contributed by atoms with Gasteiger partial charge in [-0.1, -0.05) is 119 Å². The molecule has 0 radical (unpaired) electrons. The highest BCUT2D eigenvalue weighted by Gasteiger charge is 2.22. The van der Waals surface area contributed by atoms with Gasteiger partial charge in [-0.3, -0.25) is 4.79 Å². The molecule has 0 aliphatic heterocycles. The zero-order valence-electron chi connectivity index (χ0n) is 24.1. The lowest BCUT2D eigenvalue weighted by Crippen LogP contribution is -2.26. The standard InChI is InChI=1S/C32H47BrN2O4/c1-4-6-7-8-9-10-11-12-13-14-15-16-25-38-29-23-19-28(20-24-29)35(37)34-27-17-21-30(22-18-27)39-32(36)31(33)26(3)5-2/h17-24,26,31H,4-16,25H2,1-3H3/t26-,31-/m0/s1. The molecule has 0 amide bonds. The average molecular weight is 604 g/mol. The van der Waals surface area contributed by atoms with Crippen molar-refractivity contribution in [1.29, 1.82) is 0 Å². The Hall–Kier alpha value is -2.41. The fraction of sp³-hybridized carbons (Fsp3) is 0.594. The Kier molecular flexibility index (Phi) is 16.5. The van der Waals surface area contributed by atoms with E-state index >= 15 is 0 Å². The van der Waals surface area contributed by atoms with Crippen LogP contribution in [0.4, 0.5) is 11.4 Å². The van der Waals surface area contributed by atoms with Crippen LogP contribution in [-0.2, 0) is 4.79 Å². The lowest BCUT2D eigenvalue weighted by Gasteiger charge is -2.15. The van der Waals surface area contributed by atoms with Crippen LogP contribution in [0, 0.1) is 11.1 Å². The van der Waals surface area contributed by atoms with Gasteiger partial charge in [-0.2, -0.15) is 0 Å². The largest absolute Gasteiger partial charge is 0.594 e. The highest BCUT2D eigenvalue weighted by molar-refractivity contribution is 9.10. The van der Waals surface area contributed by atoms with E-state index < -0.39 is 0 Å². The van der Waals surface area contributed by atoms with E-state index in [-0.39, 0.29) is 16.7 Å². The fourth-order valence-electron chi connectivity index (χ4n) is 4.16. The van der Waals surface area contributed by atoms with Gasteiger partial charge in [-0.05, 0) is 48.7 Å². The minimum absolute atomic E-state index is 0.173. The van der Waals surface area contributed by atoms with Gasteiger partial charge in [0.05, 0.1) is 6.61 Å². The Morgan fingerprint density at radius 3 is 1.87 bits per heavy atom. The molecule has 0 saturated heterocycles. The minimum Gasteiger partial charge on any atom is -0.594 e. The molecule has 2 atom stereocenters.